The molecular weight excluding hydrogens is 237 g/mol. The predicted octanol–water partition coefficient (Wildman–Crippen LogP) is 2.83. The van der Waals surface area contributed by atoms with E-state index in [1.165, 1.54) is 18.2 Å². The van der Waals surface area contributed by atoms with Crippen molar-refractivity contribution in [2.45, 2.75) is 0 Å². The monoisotopic (exact) mass is 241 g/mol. The van der Waals surface area contributed by atoms with Crippen LogP contribution in [-0.4, -0.2) is 16.1 Å². The van der Waals surface area contributed by atoms with Gasteiger partial charge in [0.25, 0.3) is 0 Å². The SMILES string of the molecule is O=C(O)c1cnc(-c2cccc(Cl)c2F)o1. The maximum absolute atomic E-state index is 13.5. The summed E-state index contributed by atoms with van der Waals surface area (Å²) in [5, 5.41) is 8.54. The van der Waals surface area contributed by atoms with Crippen molar-refractivity contribution in [3.05, 3.63) is 41.0 Å². The zero-order valence-electron chi connectivity index (χ0n) is 7.78. The molecule has 0 unspecified atom stereocenters. The van der Waals surface area contributed by atoms with Crippen LogP contribution in [-0.2, 0) is 0 Å². The summed E-state index contributed by atoms with van der Waals surface area (Å²) in [6.45, 7) is 0. The van der Waals surface area contributed by atoms with Crippen molar-refractivity contribution in [1.29, 1.82) is 0 Å². The summed E-state index contributed by atoms with van der Waals surface area (Å²) < 4.78 is 18.4. The third kappa shape index (κ3) is 1.77. The van der Waals surface area contributed by atoms with Gasteiger partial charge in [-0.1, -0.05) is 17.7 Å². The normalized spacial score (nSPS) is 10.4. The molecule has 0 aliphatic heterocycles. The molecule has 0 amide bonds. The molecule has 0 bridgehead atoms. The molecule has 6 heteroatoms. The van der Waals surface area contributed by atoms with Crippen LogP contribution in [0.5, 0.6) is 0 Å². The molecule has 0 saturated carbocycles. The van der Waals surface area contributed by atoms with Gasteiger partial charge in [0.2, 0.25) is 11.7 Å². The van der Waals surface area contributed by atoms with Crippen LogP contribution in [0.25, 0.3) is 11.5 Å². The molecule has 0 aliphatic carbocycles. The Bertz CT molecular complexity index is 553. The van der Waals surface area contributed by atoms with Crippen molar-refractivity contribution in [3.63, 3.8) is 0 Å². The van der Waals surface area contributed by atoms with Crippen LogP contribution in [0, 0.1) is 5.82 Å². The Morgan fingerprint density at radius 2 is 2.25 bits per heavy atom. The standard InChI is InChI=1S/C10H5ClFNO3/c11-6-3-1-2-5(8(6)12)9-13-4-7(16-9)10(14)15/h1-4H,(H,14,15). The highest BCUT2D eigenvalue weighted by atomic mass is 35.5. The molecule has 0 aliphatic rings. The molecule has 2 aromatic rings. The highest BCUT2D eigenvalue weighted by molar-refractivity contribution is 6.31. The van der Waals surface area contributed by atoms with Gasteiger partial charge in [-0.2, -0.15) is 0 Å². The highest BCUT2D eigenvalue weighted by Gasteiger charge is 2.16. The van der Waals surface area contributed by atoms with Gasteiger partial charge in [-0.05, 0) is 12.1 Å². The molecule has 0 fully saturated rings. The molecule has 16 heavy (non-hydrogen) atoms. The lowest BCUT2D eigenvalue weighted by atomic mass is 10.2. The van der Waals surface area contributed by atoms with Crippen LogP contribution in [0.4, 0.5) is 4.39 Å². The van der Waals surface area contributed by atoms with Gasteiger partial charge in [0, 0.05) is 0 Å². The van der Waals surface area contributed by atoms with Gasteiger partial charge in [0.05, 0.1) is 16.8 Å². The molecular formula is C10H5ClFNO3. The van der Waals surface area contributed by atoms with E-state index in [1.54, 1.807) is 0 Å². The van der Waals surface area contributed by atoms with E-state index in [-0.39, 0.29) is 22.2 Å². The van der Waals surface area contributed by atoms with Gasteiger partial charge in [-0.25, -0.2) is 14.2 Å². The van der Waals surface area contributed by atoms with Gasteiger partial charge in [0.1, 0.15) is 0 Å². The van der Waals surface area contributed by atoms with Crippen molar-refractivity contribution >= 4 is 17.6 Å². The Hall–Kier alpha value is -1.88. The van der Waals surface area contributed by atoms with Gasteiger partial charge in [-0.15, -0.1) is 0 Å². The van der Waals surface area contributed by atoms with E-state index in [2.05, 4.69) is 4.98 Å². The van der Waals surface area contributed by atoms with Crippen molar-refractivity contribution in [1.82, 2.24) is 4.98 Å². The average molecular weight is 242 g/mol. The van der Waals surface area contributed by atoms with Gasteiger partial charge < -0.3 is 9.52 Å². The summed E-state index contributed by atoms with van der Waals surface area (Å²) in [5.41, 5.74) is 0.0278. The van der Waals surface area contributed by atoms with Gasteiger partial charge in [-0.3, -0.25) is 0 Å². The fourth-order valence-electron chi connectivity index (χ4n) is 1.17. The molecule has 4 nitrogen and oxygen atoms in total. The lowest BCUT2D eigenvalue weighted by molar-refractivity contribution is 0.0663. The first-order valence-electron chi connectivity index (χ1n) is 4.23. The Kier molecular flexibility index (Phi) is 2.62. The average Bonchev–Trinajstić information content (AvgIpc) is 2.71. The number of rotatable bonds is 2. The van der Waals surface area contributed by atoms with Crippen LogP contribution < -0.4 is 0 Å². The molecule has 0 spiro atoms. The Morgan fingerprint density at radius 3 is 2.88 bits per heavy atom. The van der Waals surface area contributed by atoms with Crippen LogP contribution >= 0.6 is 11.6 Å². The fraction of sp³-hybridized carbons (Fsp3) is 0. The lowest BCUT2D eigenvalue weighted by Crippen LogP contribution is -1.91. The molecule has 1 aromatic carbocycles. The number of aromatic nitrogens is 1. The van der Waals surface area contributed by atoms with E-state index in [0.29, 0.717) is 0 Å². The second-order valence-electron chi connectivity index (χ2n) is 2.94. The first kappa shape index (κ1) is 10.6. The number of hydrogen-bond acceptors (Lipinski definition) is 3. The lowest BCUT2D eigenvalue weighted by Gasteiger charge is -1.99. The third-order valence-electron chi connectivity index (χ3n) is 1.90. The van der Waals surface area contributed by atoms with E-state index in [9.17, 15) is 9.18 Å². The first-order valence-corrected chi connectivity index (χ1v) is 4.61. The molecule has 1 heterocycles. The number of carboxylic acid groups (broad SMARTS) is 1. The smallest absolute Gasteiger partial charge is 0.373 e. The quantitative estimate of drug-likeness (QED) is 0.878. The maximum atomic E-state index is 13.5. The van der Waals surface area contributed by atoms with E-state index in [0.717, 1.165) is 6.20 Å². The van der Waals surface area contributed by atoms with Crippen molar-refractivity contribution in [2.24, 2.45) is 0 Å². The number of aromatic carboxylic acids is 1. The zero-order valence-corrected chi connectivity index (χ0v) is 8.53. The van der Waals surface area contributed by atoms with E-state index < -0.39 is 11.8 Å². The van der Waals surface area contributed by atoms with Crippen LogP contribution in [0.15, 0.2) is 28.8 Å². The summed E-state index contributed by atoms with van der Waals surface area (Å²) >= 11 is 5.57. The Morgan fingerprint density at radius 1 is 1.50 bits per heavy atom. The number of carboxylic acids is 1. The van der Waals surface area contributed by atoms with Crippen LogP contribution in [0.1, 0.15) is 10.6 Å². The molecule has 0 radical (unpaired) electrons. The third-order valence-corrected chi connectivity index (χ3v) is 2.19. The Balaban J connectivity index is 2.50. The molecule has 0 saturated heterocycles. The number of halogens is 2. The van der Waals surface area contributed by atoms with Crippen molar-refractivity contribution in [3.8, 4) is 11.5 Å². The van der Waals surface area contributed by atoms with Crippen LogP contribution in [0.2, 0.25) is 5.02 Å². The van der Waals surface area contributed by atoms with Gasteiger partial charge >= 0.3 is 5.97 Å². The number of benzene rings is 1. The minimum Gasteiger partial charge on any atom is -0.475 e. The molecule has 1 aromatic heterocycles. The second kappa shape index (κ2) is 3.94. The maximum Gasteiger partial charge on any atom is 0.373 e. The number of carbonyl (C=O) groups is 1. The zero-order chi connectivity index (χ0) is 11.7. The summed E-state index contributed by atoms with van der Waals surface area (Å²) in [7, 11) is 0. The second-order valence-corrected chi connectivity index (χ2v) is 3.34. The minimum atomic E-state index is -1.26. The number of oxazole rings is 1. The molecule has 0 atom stereocenters. The number of nitrogens with zero attached hydrogens (tertiary/aromatic N) is 1. The fourth-order valence-corrected chi connectivity index (χ4v) is 1.34. The van der Waals surface area contributed by atoms with Crippen molar-refractivity contribution < 1.29 is 18.7 Å². The van der Waals surface area contributed by atoms with Crippen LogP contribution in [0.3, 0.4) is 0 Å². The summed E-state index contributed by atoms with van der Waals surface area (Å²) in [5.74, 6) is -2.42. The highest BCUT2D eigenvalue weighted by Crippen LogP contribution is 2.27. The predicted molar refractivity (Wildman–Crippen MR) is 53.9 cm³/mol. The summed E-state index contributed by atoms with van der Waals surface area (Å²) in [6, 6.07) is 4.30. The molecule has 82 valence electrons. The largest absolute Gasteiger partial charge is 0.475 e. The first-order chi connectivity index (χ1) is 7.59. The minimum absolute atomic E-state index is 0.0278. The topological polar surface area (TPSA) is 63.3 Å². The molecule has 1 N–H and O–H groups in total. The van der Waals surface area contributed by atoms with Crippen molar-refractivity contribution in [2.75, 3.05) is 0 Å². The summed E-state index contributed by atoms with van der Waals surface area (Å²) in [4.78, 5) is 14.2. The van der Waals surface area contributed by atoms with E-state index in [1.807, 2.05) is 0 Å². The van der Waals surface area contributed by atoms with Gasteiger partial charge in [0.15, 0.2) is 5.82 Å². The van der Waals surface area contributed by atoms with E-state index in [4.69, 9.17) is 21.1 Å². The van der Waals surface area contributed by atoms with E-state index >= 15 is 0 Å². The summed E-state index contributed by atoms with van der Waals surface area (Å²) in [6.07, 6.45) is 1.01. The molecule has 2 rings (SSSR count). The Labute approximate surface area is 94.3 Å². The number of hydrogen-bond donors (Lipinski definition) is 1.